The van der Waals surface area contributed by atoms with Gasteiger partial charge in [-0.2, -0.15) is 0 Å². The number of nitrogens with two attached hydrogens (primary N) is 1. The zero-order valence-electron chi connectivity index (χ0n) is 12.3. The third-order valence-electron chi connectivity index (χ3n) is 3.00. The van der Waals surface area contributed by atoms with Crippen molar-refractivity contribution in [3.8, 4) is 17.2 Å². The minimum Gasteiger partial charge on any atom is -0.494 e. The fourth-order valence-electron chi connectivity index (χ4n) is 1.93. The lowest BCUT2D eigenvalue weighted by molar-refractivity contribution is 0.317. The van der Waals surface area contributed by atoms with Gasteiger partial charge in [0.2, 0.25) is 0 Å². The molecule has 0 saturated carbocycles. The first-order chi connectivity index (χ1) is 10.1. The molecule has 0 saturated heterocycles. The molecule has 0 aliphatic rings. The Morgan fingerprint density at radius 2 is 1.76 bits per heavy atom. The maximum absolute atomic E-state index is 13.9. The number of rotatable bonds is 6. The van der Waals surface area contributed by atoms with Gasteiger partial charge in [-0.3, -0.25) is 0 Å². The summed E-state index contributed by atoms with van der Waals surface area (Å²) in [4.78, 5) is 0. The fourth-order valence-corrected chi connectivity index (χ4v) is 1.93. The minimum absolute atomic E-state index is 0.176. The number of ether oxygens (including phenoxy) is 2. The first kappa shape index (κ1) is 15.3. The van der Waals surface area contributed by atoms with Crippen molar-refractivity contribution < 1.29 is 13.9 Å². The van der Waals surface area contributed by atoms with Crippen molar-refractivity contribution in [3.05, 3.63) is 53.8 Å². The van der Waals surface area contributed by atoms with Crippen LogP contribution in [0.5, 0.6) is 17.2 Å². The van der Waals surface area contributed by atoms with E-state index in [1.165, 1.54) is 6.07 Å². The highest BCUT2D eigenvalue weighted by molar-refractivity contribution is 5.41. The summed E-state index contributed by atoms with van der Waals surface area (Å²) in [6.45, 7) is 4.51. The lowest BCUT2D eigenvalue weighted by Gasteiger charge is -2.14. The number of hydrogen-bond acceptors (Lipinski definition) is 3. The van der Waals surface area contributed by atoms with E-state index in [1.54, 1.807) is 43.3 Å². The molecule has 21 heavy (non-hydrogen) atoms. The van der Waals surface area contributed by atoms with Crippen LogP contribution in [0.25, 0.3) is 0 Å². The van der Waals surface area contributed by atoms with E-state index < -0.39 is 5.82 Å². The summed E-state index contributed by atoms with van der Waals surface area (Å²) in [5.74, 6) is 1.07. The molecular formula is C17H20FNO2. The number of para-hydroxylation sites is 1. The Bertz CT molecular complexity index is 582. The van der Waals surface area contributed by atoms with Crippen LogP contribution in [0.1, 0.15) is 31.9 Å². The van der Waals surface area contributed by atoms with E-state index in [2.05, 4.69) is 0 Å². The first-order valence-electron chi connectivity index (χ1n) is 7.06. The van der Waals surface area contributed by atoms with Gasteiger partial charge >= 0.3 is 0 Å². The van der Waals surface area contributed by atoms with Crippen LogP contribution in [0.15, 0.2) is 42.5 Å². The van der Waals surface area contributed by atoms with Crippen molar-refractivity contribution >= 4 is 0 Å². The predicted molar refractivity (Wildman–Crippen MR) is 81.3 cm³/mol. The standard InChI is InChI=1S/C17H20FNO2/c1-3-11-20-13-7-9-14(10-8-13)21-17-15(12(2)19)5-4-6-16(17)18/h4-10,12H,3,11,19H2,1-2H3. The van der Waals surface area contributed by atoms with E-state index >= 15 is 0 Å². The normalized spacial score (nSPS) is 12.0. The first-order valence-corrected chi connectivity index (χ1v) is 7.06. The Morgan fingerprint density at radius 3 is 2.38 bits per heavy atom. The molecule has 0 radical (unpaired) electrons. The van der Waals surface area contributed by atoms with Gasteiger partial charge in [-0.1, -0.05) is 19.1 Å². The second-order valence-corrected chi connectivity index (χ2v) is 4.87. The van der Waals surface area contributed by atoms with E-state index in [0.717, 1.165) is 12.2 Å². The molecule has 0 heterocycles. The lowest BCUT2D eigenvalue weighted by Crippen LogP contribution is -2.07. The molecule has 112 valence electrons. The van der Waals surface area contributed by atoms with Gasteiger partial charge in [0.25, 0.3) is 0 Å². The molecule has 0 spiro atoms. The molecule has 3 nitrogen and oxygen atoms in total. The summed E-state index contributed by atoms with van der Waals surface area (Å²) in [7, 11) is 0. The van der Waals surface area contributed by atoms with Gasteiger partial charge in [0.1, 0.15) is 11.5 Å². The van der Waals surface area contributed by atoms with Crippen molar-refractivity contribution in [1.29, 1.82) is 0 Å². The zero-order chi connectivity index (χ0) is 15.2. The second-order valence-electron chi connectivity index (χ2n) is 4.87. The van der Waals surface area contributed by atoms with E-state index in [4.69, 9.17) is 15.2 Å². The van der Waals surface area contributed by atoms with Crippen molar-refractivity contribution in [2.24, 2.45) is 5.73 Å². The second kappa shape index (κ2) is 7.09. The summed E-state index contributed by atoms with van der Waals surface area (Å²) in [5.41, 5.74) is 6.49. The number of hydrogen-bond donors (Lipinski definition) is 1. The van der Waals surface area contributed by atoms with Crippen molar-refractivity contribution in [2.45, 2.75) is 26.3 Å². The highest BCUT2D eigenvalue weighted by atomic mass is 19.1. The molecule has 0 aromatic heterocycles. The summed E-state index contributed by atoms with van der Waals surface area (Å²) in [5, 5.41) is 0. The molecule has 2 N–H and O–H groups in total. The van der Waals surface area contributed by atoms with E-state index in [9.17, 15) is 4.39 Å². The Balaban J connectivity index is 2.18. The van der Waals surface area contributed by atoms with Gasteiger partial charge in [-0.25, -0.2) is 4.39 Å². The van der Waals surface area contributed by atoms with Gasteiger partial charge in [0, 0.05) is 11.6 Å². The SMILES string of the molecule is CCCOc1ccc(Oc2c(F)cccc2C(C)N)cc1. The molecule has 0 bridgehead atoms. The largest absolute Gasteiger partial charge is 0.494 e. The van der Waals surface area contributed by atoms with Gasteiger partial charge in [0.05, 0.1) is 6.61 Å². The van der Waals surface area contributed by atoms with Crippen LogP contribution in [-0.2, 0) is 0 Å². The smallest absolute Gasteiger partial charge is 0.167 e. The van der Waals surface area contributed by atoms with Gasteiger partial charge in [-0.05, 0) is 43.7 Å². The molecule has 0 aliphatic carbocycles. The summed E-state index contributed by atoms with van der Waals surface area (Å²) in [6, 6.07) is 11.6. The van der Waals surface area contributed by atoms with Crippen LogP contribution in [0.4, 0.5) is 4.39 Å². The van der Waals surface area contributed by atoms with Crippen LogP contribution in [0.3, 0.4) is 0 Å². The molecule has 1 atom stereocenters. The number of benzene rings is 2. The third kappa shape index (κ3) is 3.95. The van der Waals surface area contributed by atoms with Crippen LogP contribution in [0.2, 0.25) is 0 Å². The van der Waals surface area contributed by atoms with E-state index in [-0.39, 0.29) is 11.8 Å². The molecule has 4 heteroatoms. The van der Waals surface area contributed by atoms with Gasteiger partial charge in [0.15, 0.2) is 11.6 Å². The summed E-state index contributed by atoms with van der Waals surface area (Å²) >= 11 is 0. The Labute approximate surface area is 124 Å². The Kier molecular flexibility index (Phi) is 5.17. The molecule has 1 unspecified atom stereocenters. The van der Waals surface area contributed by atoms with Crippen LogP contribution in [0, 0.1) is 5.82 Å². The van der Waals surface area contributed by atoms with Gasteiger partial charge < -0.3 is 15.2 Å². The minimum atomic E-state index is -0.420. The number of halogens is 1. The summed E-state index contributed by atoms with van der Waals surface area (Å²) in [6.07, 6.45) is 0.950. The van der Waals surface area contributed by atoms with Crippen LogP contribution in [-0.4, -0.2) is 6.61 Å². The molecule has 0 fully saturated rings. The molecular weight excluding hydrogens is 269 g/mol. The maximum Gasteiger partial charge on any atom is 0.167 e. The lowest BCUT2D eigenvalue weighted by atomic mass is 10.1. The average molecular weight is 289 g/mol. The molecule has 2 rings (SSSR count). The molecule has 0 amide bonds. The molecule has 0 aliphatic heterocycles. The van der Waals surface area contributed by atoms with Gasteiger partial charge in [-0.15, -0.1) is 0 Å². The monoisotopic (exact) mass is 289 g/mol. The Morgan fingerprint density at radius 1 is 1.10 bits per heavy atom. The quantitative estimate of drug-likeness (QED) is 0.855. The highest BCUT2D eigenvalue weighted by Gasteiger charge is 2.13. The van der Waals surface area contributed by atoms with Crippen molar-refractivity contribution in [2.75, 3.05) is 6.61 Å². The fraction of sp³-hybridized carbons (Fsp3) is 0.294. The zero-order valence-corrected chi connectivity index (χ0v) is 12.3. The van der Waals surface area contributed by atoms with E-state index in [0.29, 0.717) is 17.9 Å². The Hall–Kier alpha value is -2.07. The van der Waals surface area contributed by atoms with Crippen molar-refractivity contribution in [1.82, 2.24) is 0 Å². The average Bonchev–Trinajstić information content (AvgIpc) is 2.48. The predicted octanol–water partition coefficient (Wildman–Crippen LogP) is 4.43. The van der Waals surface area contributed by atoms with Crippen LogP contribution >= 0.6 is 0 Å². The highest BCUT2D eigenvalue weighted by Crippen LogP contribution is 2.32. The van der Waals surface area contributed by atoms with Crippen molar-refractivity contribution in [3.63, 3.8) is 0 Å². The van der Waals surface area contributed by atoms with Crippen LogP contribution < -0.4 is 15.2 Å². The van der Waals surface area contributed by atoms with E-state index in [1.807, 2.05) is 6.92 Å². The summed E-state index contributed by atoms with van der Waals surface area (Å²) < 4.78 is 25.1. The molecule has 2 aromatic carbocycles. The topological polar surface area (TPSA) is 44.5 Å². The third-order valence-corrected chi connectivity index (χ3v) is 3.00. The molecule has 2 aromatic rings. The maximum atomic E-state index is 13.9.